The summed E-state index contributed by atoms with van der Waals surface area (Å²) >= 11 is 0. The normalized spacial score (nSPS) is 11.1. The van der Waals surface area contributed by atoms with Crippen molar-refractivity contribution in [2.24, 2.45) is 0 Å². The number of carbonyl (C=O) groups is 1. The number of sulfonamides is 1. The van der Waals surface area contributed by atoms with Crippen LogP contribution in [0.15, 0.2) is 57.9 Å². The van der Waals surface area contributed by atoms with Crippen molar-refractivity contribution < 1.29 is 22.7 Å². The van der Waals surface area contributed by atoms with E-state index in [1.54, 1.807) is 13.8 Å². The molecule has 1 aromatic heterocycles. The van der Waals surface area contributed by atoms with Crippen molar-refractivity contribution in [2.75, 3.05) is 10.0 Å². The van der Waals surface area contributed by atoms with Crippen LogP contribution in [0.5, 0.6) is 0 Å². The number of rotatable bonds is 6. The number of carbonyl (C=O) groups excluding carboxylic acids is 1. The van der Waals surface area contributed by atoms with Crippen molar-refractivity contribution in [3.05, 3.63) is 75.5 Å². The van der Waals surface area contributed by atoms with Crippen LogP contribution in [0.2, 0.25) is 0 Å². The lowest BCUT2D eigenvalue weighted by atomic mass is 10.2. The molecule has 0 fully saturated rings. The zero-order valence-electron chi connectivity index (χ0n) is 15.4. The molecule has 0 atom stereocenters. The Labute approximate surface area is 165 Å². The SMILES string of the molecule is Cc1noc(NS(=O)(=O)c2ccc(NC(=O)c3cccc([N+](=O)[O-])c3)cc2)c1C. The number of benzene rings is 2. The number of amides is 1. The number of hydrogen-bond acceptors (Lipinski definition) is 7. The molecule has 0 unspecified atom stereocenters. The highest BCUT2D eigenvalue weighted by molar-refractivity contribution is 7.92. The second-order valence-corrected chi connectivity index (χ2v) is 7.80. The molecule has 1 amide bonds. The lowest BCUT2D eigenvalue weighted by molar-refractivity contribution is -0.384. The Morgan fingerprint density at radius 3 is 2.41 bits per heavy atom. The maximum Gasteiger partial charge on any atom is 0.270 e. The molecule has 3 aromatic rings. The molecule has 2 N–H and O–H groups in total. The first-order valence-electron chi connectivity index (χ1n) is 8.29. The number of hydrogen-bond donors (Lipinski definition) is 2. The van der Waals surface area contributed by atoms with Gasteiger partial charge in [0.1, 0.15) is 0 Å². The van der Waals surface area contributed by atoms with Gasteiger partial charge in [-0.1, -0.05) is 11.2 Å². The molecule has 0 bridgehead atoms. The van der Waals surface area contributed by atoms with Crippen molar-refractivity contribution in [3.8, 4) is 0 Å². The first-order valence-corrected chi connectivity index (χ1v) is 9.77. The average Bonchev–Trinajstić information content (AvgIpc) is 3.00. The van der Waals surface area contributed by atoms with E-state index in [0.717, 1.165) is 6.07 Å². The van der Waals surface area contributed by atoms with Gasteiger partial charge in [-0.15, -0.1) is 0 Å². The van der Waals surface area contributed by atoms with E-state index < -0.39 is 20.9 Å². The van der Waals surface area contributed by atoms with Gasteiger partial charge in [0.2, 0.25) is 5.88 Å². The Morgan fingerprint density at radius 2 is 1.83 bits per heavy atom. The van der Waals surface area contributed by atoms with Gasteiger partial charge in [-0.3, -0.25) is 14.9 Å². The molecule has 150 valence electrons. The number of nitro groups is 1. The summed E-state index contributed by atoms with van der Waals surface area (Å²) in [6, 6.07) is 10.7. The first kappa shape index (κ1) is 20.0. The number of anilines is 2. The van der Waals surface area contributed by atoms with E-state index in [4.69, 9.17) is 4.52 Å². The van der Waals surface area contributed by atoms with Gasteiger partial charge in [-0.05, 0) is 44.2 Å². The fourth-order valence-electron chi connectivity index (χ4n) is 2.37. The van der Waals surface area contributed by atoms with E-state index in [2.05, 4.69) is 15.2 Å². The zero-order chi connectivity index (χ0) is 21.2. The van der Waals surface area contributed by atoms with Crippen molar-refractivity contribution in [2.45, 2.75) is 18.7 Å². The Bertz CT molecular complexity index is 1190. The minimum atomic E-state index is -3.91. The molecular weight excluding hydrogens is 400 g/mol. The molecule has 3 rings (SSSR count). The lowest BCUT2D eigenvalue weighted by Gasteiger charge is -2.08. The van der Waals surface area contributed by atoms with Crippen LogP contribution in [0.4, 0.5) is 17.3 Å². The highest BCUT2D eigenvalue weighted by Gasteiger charge is 2.19. The predicted octanol–water partition coefficient (Wildman–Crippen LogP) is 3.25. The van der Waals surface area contributed by atoms with Crippen molar-refractivity contribution in [3.63, 3.8) is 0 Å². The van der Waals surface area contributed by atoms with Crippen LogP contribution >= 0.6 is 0 Å². The number of nitro benzene ring substituents is 1. The molecule has 11 heteroatoms. The number of aryl methyl sites for hydroxylation is 1. The molecule has 0 spiro atoms. The molecular formula is C18H16N4O6S. The number of nitrogens with zero attached hydrogens (tertiary/aromatic N) is 2. The van der Waals surface area contributed by atoms with Crippen LogP contribution in [0, 0.1) is 24.0 Å². The first-order chi connectivity index (χ1) is 13.7. The Kier molecular flexibility index (Phi) is 5.33. The summed E-state index contributed by atoms with van der Waals surface area (Å²) in [5.74, 6) is -0.527. The van der Waals surface area contributed by atoms with E-state index in [1.165, 1.54) is 42.5 Å². The summed E-state index contributed by atoms with van der Waals surface area (Å²) in [5.41, 5.74) is 1.38. The van der Waals surface area contributed by atoms with Gasteiger partial charge in [0.25, 0.3) is 21.6 Å². The van der Waals surface area contributed by atoms with Crippen molar-refractivity contribution in [1.29, 1.82) is 0 Å². The van der Waals surface area contributed by atoms with Gasteiger partial charge in [0.15, 0.2) is 0 Å². The molecule has 29 heavy (non-hydrogen) atoms. The molecule has 0 radical (unpaired) electrons. The summed E-state index contributed by atoms with van der Waals surface area (Å²) in [4.78, 5) is 22.4. The van der Waals surface area contributed by atoms with E-state index in [9.17, 15) is 23.3 Å². The molecule has 1 heterocycles. The summed E-state index contributed by atoms with van der Waals surface area (Å²) in [5, 5.41) is 17.1. The van der Waals surface area contributed by atoms with Crippen LogP contribution in [-0.2, 0) is 10.0 Å². The third kappa shape index (κ3) is 4.41. The van der Waals surface area contributed by atoms with Gasteiger partial charge in [0.05, 0.1) is 15.5 Å². The van der Waals surface area contributed by atoms with Crippen molar-refractivity contribution >= 4 is 33.2 Å². The van der Waals surface area contributed by atoms with E-state index in [0.29, 0.717) is 16.9 Å². The fourth-order valence-corrected chi connectivity index (χ4v) is 3.42. The number of aromatic nitrogens is 1. The molecule has 0 saturated heterocycles. The third-order valence-corrected chi connectivity index (χ3v) is 5.47. The fraction of sp³-hybridized carbons (Fsp3) is 0.111. The lowest BCUT2D eigenvalue weighted by Crippen LogP contribution is -2.14. The second kappa shape index (κ2) is 7.72. The van der Waals surface area contributed by atoms with Crippen LogP contribution < -0.4 is 10.0 Å². The summed E-state index contributed by atoms with van der Waals surface area (Å²) in [6.07, 6.45) is 0. The monoisotopic (exact) mass is 416 g/mol. The van der Waals surface area contributed by atoms with Crippen LogP contribution in [0.3, 0.4) is 0 Å². The quantitative estimate of drug-likeness (QED) is 0.463. The number of nitrogens with one attached hydrogen (secondary N) is 2. The maximum absolute atomic E-state index is 12.5. The maximum atomic E-state index is 12.5. The largest absolute Gasteiger partial charge is 0.337 e. The standard InChI is InChI=1S/C18H16N4O6S/c1-11-12(2)20-28-18(11)21-29(26,27)16-8-6-14(7-9-16)19-17(23)13-4-3-5-15(10-13)22(24)25/h3-10,21H,1-2H3,(H,19,23). The molecule has 0 aliphatic heterocycles. The Balaban J connectivity index is 1.74. The van der Waals surface area contributed by atoms with Gasteiger partial charge in [0, 0.05) is 28.9 Å². The predicted molar refractivity (Wildman–Crippen MR) is 104 cm³/mol. The molecule has 10 nitrogen and oxygen atoms in total. The highest BCUT2D eigenvalue weighted by Crippen LogP contribution is 2.23. The van der Waals surface area contributed by atoms with Gasteiger partial charge in [-0.2, -0.15) is 0 Å². The highest BCUT2D eigenvalue weighted by atomic mass is 32.2. The van der Waals surface area contributed by atoms with Crippen LogP contribution in [-0.4, -0.2) is 24.4 Å². The third-order valence-electron chi connectivity index (χ3n) is 4.13. The molecule has 2 aromatic carbocycles. The topological polar surface area (TPSA) is 144 Å². The van der Waals surface area contributed by atoms with Crippen molar-refractivity contribution in [1.82, 2.24) is 5.16 Å². The minimum Gasteiger partial charge on any atom is -0.337 e. The van der Waals surface area contributed by atoms with E-state index in [1.807, 2.05) is 0 Å². The van der Waals surface area contributed by atoms with Crippen LogP contribution in [0.25, 0.3) is 0 Å². The zero-order valence-corrected chi connectivity index (χ0v) is 16.2. The molecule has 0 saturated carbocycles. The summed E-state index contributed by atoms with van der Waals surface area (Å²) in [6.45, 7) is 3.37. The van der Waals surface area contributed by atoms with Gasteiger partial charge >= 0.3 is 0 Å². The summed E-state index contributed by atoms with van der Waals surface area (Å²) < 4.78 is 32.2. The van der Waals surface area contributed by atoms with E-state index in [-0.39, 0.29) is 22.0 Å². The van der Waals surface area contributed by atoms with Gasteiger partial charge in [-0.25, -0.2) is 13.1 Å². The average molecular weight is 416 g/mol. The molecule has 0 aliphatic rings. The smallest absolute Gasteiger partial charge is 0.270 e. The minimum absolute atomic E-state index is 0.0329. The molecule has 0 aliphatic carbocycles. The Morgan fingerprint density at radius 1 is 1.14 bits per heavy atom. The van der Waals surface area contributed by atoms with E-state index >= 15 is 0 Å². The second-order valence-electron chi connectivity index (χ2n) is 6.11. The number of non-ortho nitro benzene ring substituents is 1. The Hall–Kier alpha value is -3.73. The summed E-state index contributed by atoms with van der Waals surface area (Å²) in [7, 11) is -3.91. The van der Waals surface area contributed by atoms with Gasteiger partial charge < -0.3 is 9.84 Å². The van der Waals surface area contributed by atoms with Crippen LogP contribution in [0.1, 0.15) is 21.6 Å².